The molecule has 8 nitrogen and oxygen atoms in total. The normalized spacial score (nSPS) is 11.7. The average molecular weight is 415 g/mol. The lowest BCUT2D eigenvalue weighted by atomic mass is 10.2. The molecule has 150 valence electrons. The van der Waals surface area contributed by atoms with Crippen molar-refractivity contribution in [2.45, 2.75) is 26.8 Å². The smallest absolute Gasteiger partial charge is 0.275 e. The number of anilines is 1. The third kappa shape index (κ3) is 4.91. The molecule has 0 spiro atoms. The van der Waals surface area contributed by atoms with E-state index < -0.39 is 11.0 Å². The van der Waals surface area contributed by atoms with Gasteiger partial charge in [0.1, 0.15) is 17.5 Å². The summed E-state index contributed by atoms with van der Waals surface area (Å²) in [6.07, 6.45) is 1.70. The lowest BCUT2D eigenvalue weighted by Gasteiger charge is -2.14. The van der Waals surface area contributed by atoms with Crippen LogP contribution in [-0.4, -0.2) is 20.6 Å². The molecule has 3 aromatic rings. The molecule has 0 radical (unpaired) electrons. The molecule has 2 aromatic carbocycles. The van der Waals surface area contributed by atoms with Crippen molar-refractivity contribution < 1.29 is 14.5 Å². The summed E-state index contributed by atoms with van der Waals surface area (Å²) in [6, 6.07) is 10.4. The van der Waals surface area contributed by atoms with Gasteiger partial charge in [0.15, 0.2) is 0 Å². The van der Waals surface area contributed by atoms with E-state index in [1.165, 1.54) is 22.9 Å². The molecule has 9 heteroatoms. The van der Waals surface area contributed by atoms with Gasteiger partial charge in [-0.05, 0) is 50.6 Å². The molecule has 3 rings (SSSR count). The number of ether oxygens (including phenoxy) is 1. The van der Waals surface area contributed by atoms with Gasteiger partial charge in [-0.25, -0.2) is 0 Å². The van der Waals surface area contributed by atoms with Gasteiger partial charge >= 0.3 is 0 Å². The molecule has 0 saturated heterocycles. The number of hydrogen-bond donors (Lipinski definition) is 1. The highest BCUT2D eigenvalue weighted by Gasteiger charge is 2.18. The zero-order valence-electron chi connectivity index (χ0n) is 16.0. The molecular formula is C20H19ClN4O4. The SMILES string of the molecule is Cc1ccn(C(C)C(=O)Nc2cc(Oc3ccc(Cl)c(C)c3)cc([N+](=O)[O-])c2)n1. The molecule has 1 heterocycles. The highest BCUT2D eigenvalue weighted by Crippen LogP contribution is 2.31. The van der Waals surface area contributed by atoms with Crippen molar-refractivity contribution in [1.82, 2.24) is 9.78 Å². The zero-order valence-corrected chi connectivity index (χ0v) is 16.8. The molecule has 29 heavy (non-hydrogen) atoms. The highest BCUT2D eigenvalue weighted by molar-refractivity contribution is 6.31. The molecule has 0 saturated carbocycles. The van der Waals surface area contributed by atoms with E-state index in [-0.39, 0.29) is 23.0 Å². The van der Waals surface area contributed by atoms with Crippen LogP contribution in [0, 0.1) is 24.0 Å². The number of nitro groups is 1. The second kappa shape index (κ2) is 8.32. The van der Waals surface area contributed by atoms with Crippen molar-refractivity contribution in [1.29, 1.82) is 0 Å². The van der Waals surface area contributed by atoms with Crippen LogP contribution in [0.25, 0.3) is 0 Å². The van der Waals surface area contributed by atoms with Crippen molar-refractivity contribution in [3.05, 3.63) is 75.1 Å². The molecule has 0 fully saturated rings. The fourth-order valence-electron chi connectivity index (χ4n) is 2.65. The standard InChI is InChI=1S/C20H19ClN4O4/c1-12-8-17(4-5-19(12)21)29-18-10-15(9-16(11-18)25(27)28)22-20(26)14(3)24-7-6-13(2)23-24/h4-11,14H,1-3H3,(H,22,26). The number of nitro benzene ring substituents is 1. The second-order valence-electron chi connectivity index (χ2n) is 6.59. The van der Waals surface area contributed by atoms with Crippen LogP contribution in [0.4, 0.5) is 11.4 Å². The van der Waals surface area contributed by atoms with Crippen LogP contribution in [0.15, 0.2) is 48.7 Å². The van der Waals surface area contributed by atoms with Crippen LogP contribution in [0.5, 0.6) is 11.5 Å². The minimum absolute atomic E-state index is 0.203. The number of aromatic nitrogens is 2. The Morgan fingerprint density at radius 3 is 2.59 bits per heavy atom. The summed E-state index contributed by atoms with van der Waals surface area (Å²) in [5.41, 5.74) is 1.65. The summed E-state index contributed by atoms with van der Waals surface area (Å²) in [6.45, 7) is 5.34. The fraction of sp³-hybridized carbons (Fsp3) is 0.200. The average Bonchev–Trinajstić information content (AvgIpc) is 3.10. The minimum atomic E-state index is -0.591. The molecule has 1 amide bonds. The van der Waals surface area contributed by atoms with Gasteiger partial charge in [0.2, 0.25) is 5.91 Å². The Balaban J connectivity index is 1.85. The third-order valence-corrected chi connectivity index (χ3v) is 4.68. The maximum atomic E-state index is 12.6. The molecule has 1 N–H and O–H groups in total. The molecule has 1 atom stereocenters. The van der Waals surface area contributed by atoms with E-state index in [1.54, 1.807) is 37.4 Å². The Labute approximate surface area is 172 Å². The number of carbonyl (C=O) groups excluding carboxylic acids is 1. The van der Waals surface area contributed by atoms with E-state index in [9.17, 15) is 14.9 Å². The first-order valence-corrected chi connectivity index (χ1v) is 9.17. The van der Waals surface area contributed by atoms with Crippen molar-refractivity contribution >= 4 is 28.9 Å². The number of benzene rings is 2. The highest BCUT2D eigenvalue weighted by atomic mass is 35.5. The summed E-state index contributed by atoms with van der Waals surface area (Å²) in [5.74, 6) is 0.339. The Morgan fingerprint density at radius 2 is 1.97 bits per heavy atom. The Bertz CT molecular complexity index is 1080. The third-order valence-electron chi connectivity index (χ3n) is 4.25. The molecule has 1 unspecified atom stereocenters. The van der Waals surface area contributed by atoms with Gasteiger partial charge in [-0.2, -0.15) is 5.10 Å². The number of non-ortho nitro benzene ring substituents is 1. The van der Waals surface area contributed by atoms with Crippen LogP contribution in [0.3, 0.4) is 0 Å². The number of hydrogen-bond acceptors (Lipinski definition) is 5. The van der Waals surface area contributed by atoms with Gasteiger partial charge in [-0.15, -0.1) is 0 Å². The van der Waals surface area contributed by atoms with E-state index in [2.05, 4.69) is 10.4 Å². The van der Waals surface area contributed by atoms with E-state index in [0.29, 0.717) is 10.8 Å². The number of carbonyl (C=O) groups is 1. The van der Waals surface area contributed by atoms with Gasteiger partial charge in [0.05, 0.1) is 22.4 Å². The van der Waals surface area contributed by atoms with Crippen molar-refractivity contribution in [2.75, 3.05) is 5.32 Å². The van der Waals surface area contributed by atoms with Crippen LogP contribution < -0.4 is 10.1 Å². The van der Waals surface area contributed by atoms with Gasteiger partial charge in [-0.3, -0.25) is 19.6 Å². The summed E-state index contributed by atoms with van der Waals surface area (Å²) in [5, 5.41) is 18.8. The fourth-order valence-corrected chi connectivity index (χ4v) is 2.77. The van der Waals surface area contributed by atoms with Gasteiger partial charge in [0.25, 0.3) is 5.69 Å². The summed E-state index contributed by atoms with van der Waals surface area (Å²) in [7, 11) is 0. The molecule has 0 aliphatic rings. The quantitative estimate of drug-likeness (QED) is 0.449. The number of nitrogens with zero attached hydrogens (tertiary/aromatic N) is 3. The number of nitrogens with one attached hydrogen (secondary N) is 1. The van der Waals surface area contributed by atoms with Crippen molar-refractivity contribution in [2.24, 2.45) is 0 Å². The second-order valence-corrected chi connectivity index (χ2v) is 7.00. The Morgan fingerprint density at radius 1 is 1.21 bits per heavy atom. The maximum Gasteiger partial charge on any atom is 0.275 e. The van der Waals surface area contributed by atoms with Crippen molar-refractivity contribution in [3.63, 3.8) is 0 Å². The van der Waals surface area contributed by atoms with Crippen LogP contribution in [-0.2, 0) is 4.79 Å². The molecule has 0 aliphatic heterocycles. The first-order valence-electron chi connectivity index (χ1n) is 8.79. The molecule has 1 aromatic heterocycles. The van der Waals surface area contributed by atoms with E-state index >= 15 is 0 Å². The minimum Gasteiger partial charge on any atom is -0.457 e. The van der Waals surface area contributed by atoms with Crippen LogP contribution >= 0.6 is 11.6 Å². The lowest BCUT2D eigenvalue weighted by molar-refractivity contribution is -0.384. The van der Waals surface area contributed by atoms with E-state index in [0.717, 1.165) is 11.3 Å². The largest absolute Gasteiger partial charge is 0.457 e. The maximum absolute atomic E-state index is 12.6. The first-order chi connectivity index (χ1) is 13.7. The predicted octanol–water partition coefficient (Wildman–Crippen LogP) is 5.05. The van der Waals surface area contributed by atoms with Crippen molar-refractivity contribution in [3.8, 4) is 11.5 Å². The Kier molecular flexibility index (Phi) is 5.84. The summed E-state index contributed by atoms with van der Waals surface area (Å²) in [4.78, 5) is 23.3. The van der Waals surface area contributed by atoms with Gasteiger partial charge in [-0.1, -0.05) is 11.6 Å². The number of amides is 1. The number of aryl methyl sites for hydroxylation is 2. The van der Waals surface area contributed by atoms with Gasteiger partial charge in [0, 0.05) is 23.4 Å². The topological polar surface area (TPSA) is 99.3 Å². The lowest BCUT2D eigenvalue weighted by Crippen LogP contribution is -2.24. The van der Waals surface area contributed by atoms with E-state index in [4.69, 9.17) is 16.3 Å². The predicted molar refractivity (Wildman–Crippen MR) is 110 cm³/mol. The molecule has 0 bridgehead atoms. The summed E-state index contributed by atoms with van der Waals surface area (Å²) < 4.78 is 7.27. The number of halogens is 1. The van der Waals surface area contributed by atoms with Gasteiger partial charge < -0.3 is 10.1 Å². The first kappa shape index (κ1) is 20.3. The van der Waals surface area contributed by atoms with Crippen LogP contribution in [0.1, 0.15) is 24.2 Å². The Hall–Kier alpha value is -3.39. The molecule has 0 aliphatic carbocycles. The monoisotopic (exact) mass is 414 g/mol. The molecular weight excluding hydrogens is 396 g/mol. The number of rotatable bonds is 6. The van der Waals surface area contributed by atoms with Crippen LogP contribution in [0.2, 0.25) is 5.02 Å². The summed E-state index contributed by atoms with van der Waals surface area (Å²) >= 11 is 6.02. The zero-order chi connectivity index (χ0) is 21.1. The van der Waals surface area contributed by atoms with E-state index in [1.807, 2.05) is 13.8 Å².